The second kappa shape index (κ2) is 7.90. The van der Waals surface area contributed by atoms with Crippen molar-refractivity contribution in [2.45, 2.75) is 52.6 Å². The Morgan fingerprint density at radius 2 is 2.00 bits per heavy atom. The summed E-state index contributed by atoms with van der Waals surface area (Å²) in [5.41, 5.74) is 7.90. The minimum Gasteiger partial charge on any atom is -0.484 e. The molecule has 1 unspecified atom stereocenters. The maximum Gasteiger partial charge on any atom is 0.258 e. The number of nitrogens with one attached hydrogen (secondary N) is 1. The van der Waals surface area contributed by atoms with Crippen LogP contribution in [0.1, 0.15) is 50.8 Å². The van der Waals surface area contributed by atoms with Crippen LogP contribution >= 0.6 is 0 Å². The maximum absolute atomic E-state index is 11.8. The van der Waals surface area contributed by atoms with Crippen LogP contribution in [0.5, 0.6) is 5.75 Å². The summed E-state index contributed by atoms with van der Waals surface area (Å²) < 4.78 is 5.57. The highest BCUT2D eigenvalue weighted by atomic mass is 16.5. The molecule has 1 rings (SSSR count). The highest BCUT2D eigenvalue weighted by Gasteiger charge is 2.10. The first-order valence-electron chi connectivity index (χ1n) is 7.26. The molecule has 0 aliphatic heterocycles. The van der Waals surface area contributed by atoms with E-state index in [0.717, 1.165) is 29.7 Å². The lowest BCUT2D eigenvalue weighted by Crippen LogP contribution is -2.37. The number of nitrogens with two attached hydrogens (primary N) is 1. The Hall–Kier alpha value is -1.55. The number of ether oxygens (including phenoxy) is 1. The minimum atomic E-state index is -0.0747. The molecule has 1 aromatic rings. The van der Waals surface area contributed by atoms with Gasteiger partial charge in [0.25, 0.3) is 5.91 Å². The number of rotatable bonds is 7. The van der Waals surface area contributed by atoms with Crippen LogP contribution in [0.2, 0.25) is 0 Å². The van der Waals surface area contributed by atoms with Crippen molar-refractivity contribution in [3.63, 3.8) is 0 Å². The Morgan fingerprint density at radius 1 is 1.35 bits per heavy atom. The number of carbonyl (C=O) groups is 1. The van der Waals surface area contributed by atoms with Gasteiger partial charge in [0.2, 0.25) is 0 Å². The van der Waals surface area contributed by atoms with E-state index in [1.807, 2.05) is 32.0 Å². The first-order chi connectivity index (χ1) is 9.47. The van der Waals surface area contributed by atoms with Gasteiger partial charge in [0.1, 0.15) is 5.75 Å². The van der Waals surface area contributed by atoms with Gasteiger partial charge in [-0.1, -0.05) is 26.0 Å². The third-order valence-corrected chi connectivity index (χ3v) is 3.43. The summed E-state index contributed by atoms with van der Waals surface area (Å²) in [7, 11) is 0. The predicted molar refractivity (Wildman–Crippen MR) is 81.8 cm³/mol. The molecule has 0 saturated heterocycles. The normalized spacial score (nSPS) is 12.3. The highest BCUT2D eigenvalue weighted by Crippen LogP contribution is 2.21. The molecule has 0 fully saturated rings. The van der Waals surface area contributed by atoms with Crippen LogP contribution in [-0.2, 0) is 4.79 Å². The van der Waals surface area contributed by atoms with E-state index in [2.05, 4.69) is 19.2 Å². The van der Waals surface area contributed by atoms with E-state index in [1.165, 1.54) is 0 Å². The first kappa shape index (κ1) is 16.5. The van der Waals surface area contributed by atoms with Gasteiger partial charge in [-0.05, 0) is 43.9 Å². The van der Waals surface area contributed by atoms with Crippen molar-refractivity contribution in [2.75, 3.05) is 6.61 Å². The fourth-order valence-electron chi connectivity index (χ4n) is 2.02. The minimum absolute atomic E-state index is 0.000847. The SMILES string of the molecule is CCC(CC)NC(=O)COc1ccc(C(C)N)cc1C. The summed E-state index contributed by atoms with van der Waals surface area (Å²) in [6, 6.07) is 6.04. The molecule has 4 heteroatoms. The number of hydrogen-bond donors (Lipinski definition) is 2. The van der Waals surface area contributed by atoms with Gasteiger partial charge in [-0.15, -0.1) is 0 Å². The summed E-state index contributed by atoms with van der Waals surface area (Å²) in [6.45, 7) is 8.07. The van der Waals surface area contributed by atoms with Crippen LogP contribution in [0.4, 0.5) is 0 Å². The van der Waals surface area contributed by atoms with E-state index >= 15 is 0 Å². The molecule has 1 atom stereocenters. The average molecular weight is 278 g/mol. The third-order valence-electron chi connectivity index (χ3n) is 3.43. The second-order valence-electron chi connectivity index (χ2n) is 5.18. The van der Waals surface area contributed by atoms with Crippen molar-refractivity contribution in [2.24, 2.45) is 5.73 Å². The zero-order valence-electron chi connectivity index (χ0n) is 12.9. The summed E-state index contributed by atoms with van der Waals surface area (Å²) in [5, 5.41) is 2.95. The van der Waals surface area contributed by atoms with E-state index in [4.69, 9.17) is 10.5 Å². The third kappa shape index (κ3) is 4.85. The number of aryl methyl sites for hydroxylation is 1. The Morgan fingerprint density at radius 3 is 2.50 bits per heavy atom. The second-order valence-corrected chi connectivity index (χ2v) is 5.18. The van der Waals surface area contributed by atoms with Crippen LogP contribution in [0.3, 0.4) is 0 Å². The Bertz CT molecular complexity index is 440. The number of amides is 1. The number of hydrogen-bond acceptors (Lipinski definition) is 3. The van der Waals surface area contributed by atoms with Gasteiger partial charge >= 0.3 is 0 Å². The zero-order valence-corrected chi connectivity index (χ0v) is 12.9. The maximum atomic E-state index is 11.8. The van der Waals surface area contributed by atoms with Crippen LogP contribution in [0.15, 0.2) is 18.2 Å². The summed E-state index contributed by atoms with van der Waals surface area (Å²) in [6.07, 6.45) is 1.87. The van der Waals surface area contributed by atoms with Gasteiger partial charge in [0.15, 0.2) is 6.61 Å². The molecule has 0 aromatic heterocycles. The Labute approximate surface area is 121 Å². The lowest BCUT2D eigenvalue weighted by atomic mass is 10.1. The van der Waals surface area contributed by atoms with Crippen molar-refractivity contribution in [3.8, 4) is 5.75 Å². The molecule has 20 heavy (non-hydrogen) atoms. The quantitative estimate of drug-likeness (QED) is 0.806. The summed E-state index contributed by atoms with van der Waals surface area (Å²) in [4.78, 5) is 11.8. The number of benzene rings is 1. The van der Waals surface area contributed by atoms with Gasteiger partial charge in [-0.3, -0.25) is 4.79 Å². The molecule has 4 nitrogen and oxygen atoms in total. The van der Waals surface area contributed by atoms with Crippen molar-refractivity contribution in [1.82, 2.24) is 5.32 Å². The lowest BCUT2D eigenvalue weighted by molar-refractivity contribution is -0.123. The topological polar surface area (TPSA) is 64.3 Å². The van der Waals surface area contributed by atoms with Gasteiger partial charge in [-0.25, -0.2) is 0 Å². The zero-order chi connectivity index (χ0) is 15.1. The summed E-state index contributed by atoms with van der Waals surface area (Å²) >= 11 is 0. The Kier molecular flexibility index (Phi) is 6.52. The molecule has 0 spiro atoms. The number of carbonyl (C=O) groups excluding carboxylic acids is 1. The molecule has 1 aromatic carbocycles. The van der Waals surface area contributed by atoms with Crippen molar-refractivity contribution >= 4 is 5.91 Å². The standard InChI is InChI=1S/C16H26N2O2/c1-5-14(6-2)18-16(19)10-20-15-8-7-13(12(4)17)9-11(15)3/h7-9,12,14H,5-6,10,17H2,1-4H3,(H,18,19). The van der Waals surface area contributed by atoms with Crippen LogP contribution in [-0.4, -0.2) is 18.6 Å². The van der Waals surface area contributed by atoms with E-state index < -0.39 is 0 Å². The van der Waals surface area contributed by atoms with Crippen LogP contribution < -0.4 is 15.8 Å². The van der Waals surface area contributed by atoms with Gasteiger partial charge in [0.05, 0.1) is 0 Å². The van der Waals surface area contributed by atoms with Gasteiger partial charge < -0.3 is 15.8 Å². The van der Waals surface area contributed by atoms with E-state index in [1.54, 1.807) is 0 Å². The molecule has 1 amide bonds. The fraction of sp³-hybridized carbons (Fsp3) is 0.562. The molecule has 3 N–H and O–H groups in total. The molecule has 0 heterocycles. The van der Waals surface area contributed by atoms with E-state index in [0.29, 0.717) is 0 Å². The smallest absolute Gasteiger partial charge is 0.258 e. The Balaban J connectivity index is 2.55. The molecule has 0 radical (unpaired) electrons. The first-order valence-corrected chi connectivity index (χ1v) is 7.26. The van der Waals surface area contributed by atoms with Crippen LogP contribution in [0, 0.1) is 6.92 Å². The fourth-order valence-corrected chi connectivity index (χ4v) is 2.02. The van der Waals surface area contributed by atoms with E-state index in [-0.39, 0.29) is 24.6 Å². The molecule has 0 saturated carbocycles. The molecule has 0 bridgehead atoms. The predicted octanol–water partition coefficient (Wildman–Crippen LogP) is 2.70. The molecular weight excluding hydrogens is 252 g/mol. The van der Waals surface area contributed by atoms with Crippen molar-refractivity contribution < 1.29 is 9.53 Å². The van der Waals surface area contributed by atoms with Gasteiger partial charge in [0, 0.05) is 12.1 Å². The van der Waals surface area contributed by atoms with E-state index in [9.17, 15) is 4.79 Å². The van der Waals surface area contributed by atoms with Crippen LogP contribution in [0.25, 0.3) is 0 Å². The van der Waals surface area contributed by atoms with Gasteiger partial charge in [-0.2, -0.15) is 0 Å². The largest absolute Gasteiger partial charge is 0.484 e. The average Bonchev–Trinajstić information content (AvgIpc) is 2.43. The van der Waals surface area contributed by atoms with Crippen molar-refractivity contribution in [3.05, 3.63) is 29.3 Å². The molecule has 0 aliphatic carbocycles. The summed E-state index contributed by atoms with van der Waals surface area (Å²) in [5.74, 6) is 0.656. The monoisotopic (exact) mass is 278 g/mol. The molecule has 0 aliphatic rings. The lowest BCUT2D eigenvalue weighted by Gasteiger charge is -2.16. The molecular formula is C16H26N2O2. The van der Waals surface area contributed by atoms with Crippen molar-refractivity contribution in [1.29, 1.82) is 0 Å². The molecule has 112 valence electrons. The highest BCUT2D eigenvalue weighted by molar-refractivity contribution is 5.77.